The van der Waals surface area contributed by atoms with Gasteiger partial charge in [0, 0.05) is 12.0 Å². The van der Waals surface area contributed by atoms with Crippen LogP contribution >= 0.6 is 0 Å². The van der Waals surface area contributed by atoms with Crippen molar-refractivity contribution in [2.24, 2.45) is 0 Å². The average Bonchev–Trinajstić information content (AvgIpc) is 2.08. The van der Waals surface area contributed by atoms with Gasteiger partial charge in [-0.2, -0.15) is 0 Å². The van der Waals surface area contributed by atoms with E-state index in [-0.39, 0.29) is 6.10 Å². The lowest BCUT2D eigenvalue weighted by atomic mass is 10.1. The van der Waals surface area contributed by atoms with Gasteiger partial charge in [-0.1, -0.05) is 29.5 Å². The highest BCUT2D eigenvalue weighted by Crippen LogP contribution is 2.08. The van der Waals surface area contributed by atoms with Crippen molar-refractivity contribution in [1.82, 2.24) is 0 Å². The molecular formula is C13H16O. The number of aliphatic hydroxyl groups excluding tert-OH is 1. The molecule has 1 aromatic rings. The predicted octanol–water partition coefficient (Wildman–Crippen LogP) is 2.43. The van der Waals surface area contributed by atoms with Crippen LogP contribution in [0.5, 0.6) is 0 Å². The van der Waals surface area contributed by atoms with E-state index in [9.17, 15) is 0 Å². The third-order valence-corrected chi connectivity index (χ3v) is 2.00. The van der Waals surface area contributed by atoms with Crippen LogP contribution in [-0.4, -0.2) is 11.2 Å². The van der Waals surface area contributed by atoms with Crippen LogP contribution in [0.25, 0.3) is 0 Å². The Bertz CT molecular complexity index is 367. The van der Waals surface area contributed by atoms with E-state index in [1.807, 2.05) is 6.07 Å². The maximum absolute atomic E-state index is 9.04. The van der Waals surface area contributed by atoms with Crippen LogP contribution < -0.4 is 0 Å². The molecule has 1 atom stereocenters. The van der Waals surface area contributed by atoms with Crippen molar-refractivity contribution >= 4 is 0 Å². The summed E-state index contributed by atoms with van der Waals surface area (Å²) in [5.74, 6) is 6.02. The van der Waals surface area contributed by atoms with Crippen molar-refractivity contribution in [2.45, 2.75) is 33.3 Å². The minimum absolute atomic E-state index is 0.340. The zero-order valence-electron chi connectivity index (χ0n) is 8.96. The molecule has 1 nitrogen and oxygen atoms in total. The maximum Gasteiger partial charge on any atom is 0.0621 e. The molecule has 1 aromatic carbocycles. The van der Waals surface area contributed by atoms with Gasteiger partial charge in [0.1, 0.15) is 0 Å². The molecule has 0 aliphatic carbocycles. The van der Waals surface area contributed by atoms with Crippen LogP contribution in [0.1, 0.15) is 30.0 Å². The lowest BCUT2D eigenvalue weighted by molar-refractivity contribution is 0.201. The van der Waals surface area contributed by atoms with Crippen LogP contribution in [0.15, 0.2) is 18.2 Å². The molecule has 0 radical (unpaired) electrons. The Balaban J connectivity index is 2.80. The van der Waals surface area contributed by atoms with Crippen LogP contribution in [-0.2, 0) is 0 Å². The largest absolute Gasteiger partial charge is 0.392 e. The van der Waals surface area contributed by atoms with Gasteiger partial charge in [0.2, 0.25) is 0 Å². The van der Waals surface area contributed by atoms with E-state index in [0.29, 0.717) is 6.42 Å². The first-order chi connectivity index (χ1) is 6.59. The number of aliphatic hydroxyl groups is 1. The third-order valence-electron chi connectivity index (χ3n) is 2.00. The number of hydrogen-bond donors (Lipinski definition) is 1. The Morgan fingerprint density at radius 1 is 1.36 bits per heavy atom. The zero-order valence-corrected chi connectivity index (χ0v) is 8.96. The second kappa shape index (κ2) is 4.83. The Kier molecular flexibility index (Phi) is 3.73. The van der Waals surface area contributed by atoms with E-state index >= 15 is 0 Å². The molecule has 0 aliphatic rings. The van der Waals surface area contributed by atoms with Crippen molar-refractivity contribution in [1.29, 1.82) is 0 Å². The van der Waals surface area contributed by atoms with E-state index < -0.39 is 0 Å². The molecule has 0 amide bonds. The first-order valence-electron chi connectivity index (χ1n) is 4.84. The van der Waals surface area contributed by atoms with Gasteiger partial charge in [-0.15, -0.1) is 0 Å². The van der Waals surface area contributed by atoms with Crippen molar-refractivity contribution in [3.05, 3.63) is 34.9 Å². The van der Waals surface area contributed by atoms with Gasteiger partial charge in [-0.05, 0) is 32.4 Å². The highest BCUT2D eigenvalue weighted by molar-refractivity contribution is 5.42. The van der Waals surface area contributed by atoms with Gasteiger partial charge in [0.25, 0.3) is 0 Å². The van der Waals surface area contributed by atoms with E-state index in [4.69, 9.17) is 5.11 Å². The first kappa shape index (κ1) is 10.8. The van der Waals surface area contributed by atoms with Gasteiger partial charge < -0.3 is 5.11 Å². The highest BCUT2D eigenvalue weighted by atomic mass is 16.3. The van der Waals surface area contributed by atoms with Gasteiger partial charge in [0.05, 0.1) is 6.10 Å². The normalized spacial score (nSPS) is 11.7. The summed E-state index contributed by atoms with van der Waals surface area (Å²) < 4.78 is 0. The Labute approximate surface area is 85.8 Å². The number of hydrogen-bond acceptors (Lipinski definition) is 1. The van der Waals surface area contributed by atoms with Crippen molar-refractivity contribution in [2.75, 3.05) is 0 Å². The van der Waals surface area contributed by atoms with Crippen molar-refractivity contribution in [3.8, 4) is 11.8 Å². The molecule has 74 valence electrons. The van der Waals surface area contributed by atoms with Crippen LogP contribution in [0.3, 0.4) is 0 Å². The molecule has 0 aliphatic heterocycles. The predicted molar refractivity (Wildman–Crippen MR) is 59.1 cm³/mol. The fraction of sp³-hybridized carbons (Fsp3) is 0.385. The van der Waals surface area contributed by atoms with Crippen LogP contribution in [0, 0.1) is 25.7 Å². The van der Waals surface area contributed by atoms with E-state index in [2.05, 4.69) is 37.8 Å². The summed E-state index contributed by atoms with van der Waals surface area (Å²) in [6.07, 6.45) is 0.195. The van der Waals surface area contributed by atoms with E-state index in [1.54, 1.807) is 6.92 Å². The standard InChI is InChI=1S/C13H16O/c1-10-7-8-13(11(2)9-10)6-4-5-12(3)14/h7-9,12,14H,5H2,1-3H3. The molecule has 1 rings (SSSR count). The fourth-order valence-corrected chi connectivity index (χ4v) is 1.25. The average molecular weight is 188 g/mol. The first-order valence-corrected chi connectivity index (χ1v) is 4.84. The maximum atomic E-state index is 9.04. The molecule has 0 aromatic heterocycles. The Morgan fingerprint density at radius 3 is 2.64 bits per heavy atom. The molecule has 0 fully saturated rings. The van der Waals surface area contributed by atoms with Gasteiger partial charge in [-0.3, -0.25) is 0 Å². The minimum Gasteiger partial charge on any atom is -0.392 e. The molecule has 0 saturated carbocycles. The van der Waals surface area contributed by atoms with Gasteiger partial charge >= 0.3 is 0 Å². The van der Waals surface area contributed by atoms with Crippen LogP contribution in [0.2, 0.25) is 0 Å². The molecule has 1 heteroatoms. The molecule has 1 N–H and O–H groups in total. The Hall–Kier alpha value is -1.26. The highest BCUT2D eigenvalue weighted by Gasteiger charge is 1.94. The smallest absolute Gasteiger partial charge is 0.0621 e. The van der Waals surface area contributed by atoms with Gasteiger partial charge in [-0.25, -0.2) is 0 Å². The quantitative estimate of drug-likeness (QED) is 0.671. The topological polar surface area (TPSA) is 20.2 Å². The monoisotopic (exact) mass is 188 g/mol. The molecule has 14 heavy (non-hydrogen) atoms. The second-order valence-corrected chi connectivity index (χ2v) is 3.67. The number of benzene rings is 1. The Morgan fingerprint density at radius 2 is 2.07 bits per heavy atom. The fourth-order valence-electron chi connectivity index (χ4n) is 1.25. The molecule has 0 spiro atoms. The summed E-state index contributed by atoms with van der Waals surface area (Å²) in [6, 6.07) is 6.20. The lowest BCUT2D eigenvalue weighted by Gasteiger charge is -1.99. The minimum atomic E-state index is -0.340. The molecule has 0 bridgehead atoms. The number of rotatable bonds is 1. The van der Waals surface area contributed by atoms with Gasteiger partial charge in [0.15, 0.2) is 0 Å². The summed E-state index contributed by atoms with van der Waals surface area (Å²) in [6.45, 7) is 5.87. The second-order valence-electron chi connectivity index (χ2n) is 3.67. The molecule has 1 unspecified atom stereocenters. The zero-order chi connectivity index (χ0) is 10.6. The van der Waals surface area contributed by atoms with E-state index in [0.717, 1.165) is 5.56 Å². The summed E-state index contributed by atoms with van der Waals surface area (Å²) >= 11 is 0. The molecule has 0 heterocycles. The third kappa shape index (κ3) is 3.24. The summed E-state index contributed by atoms with van der Waals surface area (Å²) in [7, 11) is 0. The molecular weight excluding hydrogens is 172 g/mol. The summed E-state index contributed by atoms with van der Waals surface area (Å²) in [5.41, 5.74) is 3.50. The van der Waals surface area contributed by atoms with Crippen LogP contribution in [0.4, 0.5) is 0 Å². The van der Waals surface area contributed by atoms with Crippen molar-refractivity contribution < 1.29 is 5.11 Å². The molecule has 0 saturated heterocycles. The number of aryl methyl sites for hydroxylation is 2. The summed E-state index contributed by atoms with van der Waals surface area (Å²) in [5, 5.41) is 9.04. The van der Waals surface area contributed by atoms with E-state index in [1.165, 1.54) is 11.1 Å². The summed E-state index contributed by atoms with van der Waals surface area (Å²) in [4.78, 5) is 0. The lowest BCUT2D eigenvalue weighted by Crippen LogP contribution is -1.95. The SMILES string of the molecule is Cc1ccc(C#CCC(C)O)c(C)c1. The van der Waals surface area contributed by atoms with Crippen molar-refractivity contribution in [3.63, 3.8) is 0 Å².